The third-order valence-corrected chi connectivity index (χ3v) is 5.09. The third-order valence-electron chi connectivity index (χ3n) is 5.09. The van der Waals surface area contributed by atoms with Crippen LogP contribution in [0.2, 0.25) is 0 Å². The van der Waals surface area contributed by atoms with Crippen LogP contribution in [0.4, 0.5) is 20.2 Å². The third kappa shape index (κ3) is 2.48. The molecule has 3 rings (SSSR count). The number of hydrogen-bond donors (Lipinski definition) is 1. The predicted molar refractivity (Wildman–Crippen MR) is 78.0 cm³/mol. The molecule has 2 saturated carbocycles. The summed E-state index contributed by atoms with van der Waals surface area (Å²) >= 11 is 0. The standard InChI is InChI=1S/C16H22F2N2/c1-20(9-12-7-10-2-3-11(12)6-10)15-5-4-13(19)8-14(15)16(17)18/h4-5,8,10-12,16H,2-3,6-7,9,19H2,1H3. The highest BCUT2D eigenvalue weighted by Gasteiger charge is 2.39. The maximum absolute atomic E-state index is 13.1. The first-order chi connectivity index (χ1) is 9.54. The van der Waals surface area contributed by atoms with Gasteiger partial charge in [0, 0.05) is 30.5 Å². The van der Waals surface area contributed by atoms with E-state index in [4.69, 9.17) is 5.73 Å². The molecule has 110 valence electrons. The summed E-state index contributed by atoms with van der Waals surface area (Å²) in [5, 5.41) is 0. The lowest BCUT2D eigenvalue weighted by Gasteiger charge is -2.30. The molecule has 3 atom stereocenters. The van der Waals surface area contributed by atoms with Crippen LogP contribution in [0.3, 0.4) is 0 Å². The number of anilines is 2. The smallest absolute Gasteiger partial charge is 0.265 e. The molecule has 0 amide bonds. The van der Waals surface area contributed by atoms with Crippen molar-refractivity contribution >= 4 is 11.4 Å². The molecule has 0 aromatic heterocycles. The average molecular weight is 280 g/mol. The van der Waals surface area contributed by atoms with Crippen LogP contribution in [0.1, 0.15) is 37.7 Å². The minimum Gasteiger partial charge on any atom is -0.399 e. The molecule has 2 aliphatic rings. The first-order valence-electron chi connectivity index (χ1n) is 7.43. The van der Waals surface area contributed by atoms with Gasteiger partial charge in [0.05, 0.1) is 0 Å². The lowest BCUT2D eigenvalue weighted by Crippen LogP contribution is -2.29. The van der Waals surface area contributed by atoms with Crippen LogP contribution >= 0.6 is 0 Å². The Labute approximate surface area is 118 Å². The summed E-state index contributed by atoms with van der Waals surface area (Å²) in [6.45, 7) is 0.880. The molecule has 2 N–H and O–H groups in total. The summed E-state index contributed by atoms with van der Waals surface area (Å²) in [4.78, 5) is 1.99. The number of nitrogen functional groups attached to an aromatic ring is 1. The van der Waals surface area contributed by atoms with Gasteiger partial charge >= 0.3 is 0 Å². The Morgan fingerprint density at radius 2 is 2.10 bits per heavy atom. The molecule has 1 aromatic carbocycles. The van der Waals surface area contributed by atoms with Crippen LogP contribution < -0.4 is 10.6 Å². The van der Waals surface area contributed by atoms with Crippen molar-refractivity contribution in [3.05, 3.63) is 23.8 Å². The zero-order valence-corrected chi connectivity index (χ0v) is 11.9. The predicted octanol–water partition coefficient (Wildman–Crippen LogP) is 4.08. The second-order valence-electron chi connectivity index (χ2n) is 6.43. The number of alkyl halides is 2. The molecule has 0 saturated heterocycles. The van der Waals surface area contributed by atoms with Gasteiger partial charge in [-0.15, -0.1) is 0 Å². The van der Waals surface area contributed by atoms with E-state index in [2.05, 4.69) is 0 Å². The minimum absolute atomic E-state index is 0.0515. The van der Waals surface area contributed by atoms with Gasteiger partial charge < -0.3 is 10.6 Å². The van der Waals surface area contributed by atoms with E-state index in [-0.39, 0.29) is 5.56 Å². The number of rotatable bonds is 4. The van der Waals surface area contributed by atoms with E-state index >= 15 is 0 Å². The lowest BCUT2D eigenvalue weighted by atomic mass is 9.88. The maximum atomic E-state index is 13.1. The van der Waals surface area contributed by atoms with Gasteiger partial charge in [-0.3, -0.25) is 0 Å². The Hall–Kier alpha value is -1.32. The van der Waals surface area contributed by atoms with Crippen LogP contribution in [-0.2, 0) is 0 Å². The fourth-order valence-corrected chi connectivity index (χ4v) is 4.15. The molecule has 0 radical (unpaired) electrons. The highest BCUT2D eigenvalue weighted by Crippen LogP contribution is 2.48. The fourth-order valence-electron chi connectivity index (χ4n) is 4.15. The van der Waals surface area contributed by atoms with Crippen molar-refractivity contribution in [2.24, 2.45) is 17.8 Å². The molecule has 2 bridgehead atoms. The van der Waals surface area contributed by atoms with E-state index in [9.17, 15) is 8.78 Å². The van der Waals surface area contributed by atoms with E-state index < -0.39 is 6.43 Å². The topological polar surface area (TPSA) is 29.3 Å². The monoisotopic (exact) mass is 280 g/mol. The van der Waals surface area contributed by atoms with Crippen molar-refractivity contribution in [2.45, 2.75) is 32.1 Å². The van der Waals surface area contributed by atoms with Gasteiger partial charge in [-0.1, -0.05) is 6.42 Å². The first kappa shape index (κ1) is 13.7. The summed E-state index contributed by atoms with van der Waals surface area (Å²) in [5.41, 5.74) is 6.70. The molecule has 3 unspecified atom stereocenters. The fraction of sp³-hybridized carbons (Fsp3) is 0.625. The highest BCUT2D eigenvalue weighted by molar-refractivity contribution is 5.60. The van der Waals surface area contributed by atoms with Gasteiger partial charge in [0.1, 0.15) is 0 Å². The van der Waals surface area contributed by atoms with Crippen molar-refractivity contribution < 1.29 is 8.78 Å². The molecule has 1 aromatic rings. The van der Waals surface area contributed by atoms with Crippen molar-refractivity contribution in [3.8, 4) is 0 Å². The number of nitrogens with zero attached hydrogens (tertiary/aromatic N) is 1. The molecule has 2 fully saturated rings. The second kappa shape index (κ2) is 5.23. The van der Waals surface area contributed by atoms with Gasteiger partial charge in [-0.05, 0) is 55.2 Å². The molecule has 0 spiro atoms. The second-order valence-corrected chi connectivity index (χ2v) is 6.43. The summed E-state index contributed by atoms with van der Waals surface area (Å²) in [6.07, 6.45) is 2.84. The molecular formula is C16H22F2N2. The van der Waals surface area contributed by atoms with Crippen LogP contribution in [0.5, 0.6) is 0 Å². The SMILES string of the molecule is CN(CC1CC2CCC1C2)c1ccc(N)cc1C(F)F. The Morgan fingerprint density at radius 1 is 1.30 bits per heavy atom. The van der Waals surface area contributed by atoms with Crippen molar-refractivity contribution in [1.82, 2.24) is 0 Å². The van der Waals surface area contributed by atoms with Crippen molar-refractivity contribution in [2.75, 3.05) is 24.2 Å². The van der Waals surface area contributed by atoms with Crippen LogP contribution in [0.25, 0.3) is 0 Å². The van der Waals surface area contributed by atoms with E-state index in [1.807, 2.05) is 11.9 Å². The lowest BCUT2D eigenvalue weighted by molar-refractivity contribution is 0.152. The van der Waals surface area contributed by atoms with Gasteiger partial charge in [0.25, 0.3) is 6.43 Å². The zero-order valence-electron chi connectivity index (χ0n) is 11.9. The van der Waals surface area contributed by atoms with Crippen molar-refractivity contribution in [3.63, 3.8) is 0 Å². The van der Waals surface area contributed by atoms with E-state index in [0.717, 1.165) is 18.4 Å². The van der Waals surface area contributed by atoms with Gasteiger partial charge in [-0.2, -0.15) is 0 Å². The summed E-state index contributed by atoms with van der Waals surface area (Å²) < 4.78 is 26.3. The molecular weight excluding hydrogens is 258 g/mol. The van der Waals surface area contributed by atoms with E-state index in [1.165, 1.54) is 31.7 Å². The molecule has 20 heavy (non-hydrogen) atoms. The van der Waals surface area contributed by atoms with Crippen LogP contribution in [0, 0.1) is 17.8 Å². The van der Waals surface area contributed by atoms with E-state index in [0.29, 0.717) is 17.3 Å². The minimum atomic E-state index is -2.48. The zero-order chi connectivity index (χ0) is 14.3. The number of nitrogens with two attached hydrogens (primary N) is 1. The summed E-state index contributed by atoms with van der Waals surface area (Å²) in [5.74, 6) is 2.37. The summed E-state index contributed by atoms with van der Waals surface area (Å²) in [7, 11) is 1.92. The first-order valence-corrected chi connectivity index (χ1v) is 7.43. The molecule has 4 heteroatoms. The number of fused-ring (bicyclic) bond motifs is 2. The molecule has 2 aliphatic carbocycles. The van der Waals surface area contributed by atoms with Crippen molar-refractivity contribution in [1.29, 1.82) is 0 Å². The number of hydrogen-bond acceptors (Lipinski definition) is 2. The number of benzene rings is 1. The normalized spacial score (nSPS) is 28.3. The van der Waals surface area contributed by atoms with Gasteiger partial charge in [0.2, 0.25) is 0 Å². The average Bonchev–Trinajstić information content (AvgIpc) is 3.00. The van der Waals surface area contributed by atoms with Gasteiger partial charge in [-0.25, -0.2) is 8.78 Å². The van der Waals surface area contributed by atoms with Gasteiger partial charge in [0.15, 0.2) is 0 Å². The molecule has 2 nitrogen and oxygen atoms in total. The quantitative estimate of drug-likeness (QED) is 0.842. The Morgan fingerprint density at radius 3 is 2.70 bits per heavy atom. The highest BCUT2D eigenvalue weighted by atomic mass is 19.3. The molecule has 0 heterocycles. The molecule has 0 aliphatic heterocycles. The van der Waals surface area contributed by atoms with E-state index in [1.54, 1.807) is 12.1 Å². The Bertz CT molecular complexity index is 489. The Kier molecular flexibility index (Phi) is 3.57. The Balaban J connectivity index is 1.75. The maximum Gasteiger partial charge on any atom is 0.265 e. The van der Waals surface area contributed by atoms with Crippen LogP contribution in [0.15, 0.2) is 18.2 Å². The summed E-state index contributed by atoms with van der Waals surface area (Å²) in [6, 6.07) is 4.83. The largest absolute Gasteiger partial charge is 0.399 e. The number of halogens is 2. The van der Waals surface area contributed by atoms with Crippen LogP contribution in [-0.4, -0.2) is 13.6 Å².